The zero-order valence-electron chi connectivity index (χ0n) is 12.7. The Hall–Kier alpha value is -1.59. The van der Waals surface area contributed by atoms with Gasteiger partial charge in [-0.2, -0.15) is 0 Å². The standard InChI is InChI=1S/C16H25N3O2/c1-17-9-10-18-15-8-5-11-19(12-15)16(20)21-13-14-6-3-2-4-7-14/h2-4,6-7,15,17-18H,5,8-13H2,1H3/t15-/m1/s1. The minimum absolute atomic E-state index is 0.209. The van der Waals surface area contributed by atoms with Crippen LogP contribution in [0.5, 0.6) is 0 Å². The molecule has 1 atom stereocenters. The van der Waals surface area contributed by atoms with Crippen LogP contribution in [0.4, 0.5) is 4.79 Å². The van der Waals surface area contributed by atoms with Gasteiger partial charge in [0.25, 0.3) is 0 Å². The fourth-order valence-electron chi connectivity index (χ4n) is 2.52. The van der Waals surface area contributed by atoms with E-state index in [0.29, 0.717) is 12.6 Å². The van der Waals surface area contributed by atoms with Crippen molar-refractivity contribution in [3.8, 4) is 0 Å². The number of ether oxygens (including phenoxy) is 1. The molecule has 116 valence electrons. The van der Waals surface area contributed by atoms with Gasteiger partial charge in [-0.25, -0.2) is 4.79 Å². The van der Waals surface area contributed by atoms with Crippen molar-refractivity contribution in [2.24, 2.45) is 0 Å². The lowest BCUT2D eigenvalue weighted by Crippen LogP contribution is -2.49. The van der Waals surface area contributed by atoms with Gasteiger partial charge >= 0.3 is 6.09 Å². The van der Waals surface area contributed by atoms with Gasteiger partial charge in [-0.15, -0.1) is 0 Å². The summed E-state index contributed by atoms with van der Waals surface area (Å²) < 4.78 is 5.39. The van der Waals surface area contributed by atoms with E-state index in [4.69, 9.17) is 4.74 Å². The van der Waals surface area contributed by atoms with Crippen LogP contribution >= 0.6 is 0 Å². The third-order valence-corrected chi connectivity index (χ3v) is 3.69. The second kappa shape index (κ2) is 8.64. The van der Waals surface area contributed by atoms with Crippen molar-refractivity contribution in [2.45, 2.75) is 25.5 Å². The number of hydrogen-bond donors (Lipinski definition) is 2. The van der Waals surface area contributed by atoms with E-state index in [1.165, 1.54) is 0 Å². The van der Waals surface area contributed by atoms with Crippen LogP contribution in [0.2, 0.25) is 0 Å². The molecule has 1 amide bonds. The zero-order valence-corrected chi connectivity index (χ0v) is 12.7. The molecule has 0 radical (unpaired) electrons. The fourth-order valence-corrected chi connectivity index (χ4v) is 2.52. The number of piperidine rings is 1. The number of likely N-dealkylation sites (tertiary alicyclic amines) is 1. The van der Waals surface area contributed by atoms with Crippen LogP contribution in [0.15, 0.2) is 30.3 Å². The lowest BCUT2D eigenvalue weighted by atomic mass is 10.1. The van der Waals surface area contributed by atoms with Crippen LogP contribution in [0.1, 0.15) is 18.4 Å². The van der Waals surface area contributed by atoms with Crippen molar-refractivity contribution < 1.29 is 9.53 Å². The fraction of sp³-hybridized carbons (Fsp3) is 0.562. The number of amides is 1. The Balaban J connectivity index is 1.74. The molecule has 1 aliphatic heterocycles. The summed E-state index contributed by atoms with van der Waals surface area (Å²) in [5, 5.41) is 6.58. The van der Waals surface area contributed by atoms with Gasteiger partial charge in [-0.3, -0.25) is 0 Å². The number of carbonyl (C=O) groups excluding carboxylic acids is 1. The molecule has 1 aromatic rings. The first-order valence-electron chi connectivity index (χ1n) is 7.63. The second-order valence-electron chi connectivity index (χ2n) is 5.38. The first kappa shape index (κ1) is 15.8. The number of carbonyl (C=O) groups is 1. The second-order valence-corrected chi connectivity index (χ2v) is 5.38. The van der Waals surface area contributed by atoms with Crippen molar-refractivity contribution >= 4 is 6.09 Å². The van der Waals surface area contributed by atoms with E-state index in [1.54, 1.807) is 0 Å². The Labute approximate surface area is 126 Å². The van der Waals surface area contributed by atoms with Crippen molar-refractivity contribution in [1.82, 2.24) is 15.5 Å². The average molecular weight is 291 g/mol. The molecular weight excluding hydrogens is 266 g/mol. The highest BCUT2D eigenvalue weighted by Gasteiger charge is 2.24. The van der Waals surface area contributed by atoms with Crippen LogP contribution in [0.25, 0.3) is 0 Å². The van der Waals surface area contributed by atoms with Gasteiger partial charge in [0.1, 0.15) is 6.61 Å². The lowest BCUT2D eigenvalue weighted by molar-refractivity contribution is 0.0834. The van der Waals surface area contributed by atoms with Gasteiger partial charge in [-0.1, -0.05) is 30.3 Å². The van der Waals surface area contributed by atoms with Crippen molar-refractivity contribution in [3.63, 3.8) is 0 Å². The zero-order chi connectivity index (χ0) is 14.9. The highest BCUT2D eigenvalue weighted by Crippen LogP contribution is 2.12. The molecule has 5 heteroatoms. The third-order valence-electron chi connectivity index (χ3n) is 3.69. The van der Waals surface area contributed by atoms with E-state index >= 15 is 0 Å². The first-order valence-corrected chi connectivity index (χ1v) is 7.63. The number of nitrogens with one attached hydrogen (secondary N) is 2. The molecule has 0 unspecified atom stereocenters. The lowest BCUT2D eigenvalue weighted by Gasteiger charge is -2.32. The van der Waals surface area contributed by atoms with E-state index < -0.39 is 0 Å². The molecule has 1 heterocycles. The maximum absolute atomic E-state index is 12.1. The number of hydrogen-bond acceptors (Lipinski definition) is 4. The Morgan fingerprint density at radius 2 is 2.14 bits per heavy atom. The third kappa shape index (κ3) is 5.36. The smallest absolute Gasteiger partial charge is 0.410 e. The largest absolute Gasteiger partial charge is 0.445 e. The van der Waals surface area contributed by atoms with Crippen LogP contribution in [-0.2, 0) is 11.3 Å². The topological polar surface area (TPSA) is 53.6 Å². The summed E-state index contributed by atoms with van der Waals surface area (Å²) in [4.78, 5) is 13.9. The van der Waals surface area contributed by atoms with E-state index in [9.17, 15) is 4.79 Å². The molecule has 2 rings (SSSR count). The number of likely N-dealkylation sites (N-methyl/N-ethyl adjacent to an activating group) is 1. The molecule has 1 saturated heterocycles. The minimum Gasteiger partial charge on any atom is -0.445 e. The van der Waals surface area contributed by atoms with Gasteiger partial charge < -0.3 is 20.3 Å². The molecule has 1 fully saturated rings. The van der Waals surface area contributed by atoms with E-state index in [2.05, 4.69) is 10.6 Å². The molecule has 1 aromatic carbocycles. The molecular formula is C16H25N3O2. The first-order chi connectivity index (χ1) is 10.3. The van der Waals surface area contributed by atoms with Gasteiger partial charge in [0.15, 0.2) is 0 Å². The van der Waals surface area contributed by atoms with E-state index in [-0.39, 0.29) is 6.09 Å². The molecule has 1 aliphatic rings. The Morgan fingerprint density at radius 3 is 2.90 bits per heavy atom. The maximum atomic E-state index is 12.1. The molecule has 2 N–H and O–H groups in total. The Morgan fingerprint density at radius 1 is 1.33 bits per heavy atom. The van der Waals surface area contributed by atoms with Crippen LogP contribution in [-0.4, -0.2) is 50.3 Å². The molecule has 0 bridgehead atoms. The van der Waals surface area contributed by atoms with E-state index in [1.807, 2.05) is 42.3 Å². The van der Waals surface area contributed by atoms with Gasteiger partial charge in [0.05, 0.1) is 0 Å². The van der Waals surface area contributed by atoms with Crippen LogP contribution < -0.4 is 10.6 Å². The highest BCUT2D eigenvalue weighted by atomic mass is 16.6. The maximum Gasteiger partial charge on any atom is 0.410 e. The normalized spacial score (nSPS) is 18.5. The van der Waals surface area contributed by atoms with Crippen LogP contribution in [0, 0.1) is 0 Å². The molecule has 21 heavy (non-hydrogen) atoms. The van der Waals surface area contributed by atoms with Crippen molar-refractivity contribution in [3.05, 3.63) is 35.9 Å². The SMILES string of the molecule is CNCCN[C@@H]1CCCN(C(=O)OCc2ccccc2)C1. The van der Waals surface area contributed by atoms with Crippen molar-refractivity contribution in [2.75, 3.05) is 33.2 Å². The minimum atomic E-state index is -0.209. The monoisotopic (exact) mass is 291 g/mol. The predicted octanol–water partition coefficient (Wildman–Crippen LogP) is 1.60. The Kier molecular flexibility index (Phi) is 6.50. The number of rotatable bonds is 6. The summed E-state index contributed by atoms with van der Waals surface area (Å²) in [5.41, 5.74) is 1.02. The van der Waals surface area contributed by atoms with Gasteiger partial charge in [0.2, 0.25) is 0 Å². The molecule has 0 aromatic heterocycles. The molecule has 5 nitrogen and oxygen atoms in total. The molecule has 0 saturated carbocycles. The summed E-state index contributed by atoms with van der Waals surface area (Å²) in [7, 11) is 1.94. The average Bonchev–Trinajstić information content (AvgIpc) is 2.54. The van der Waals surface area contributed by atoms with E-state index in [0.717, 1.165) is 44.6 Å². The van der Waals surface area contributed by atoms with Gasteiger partial charge in [-0.05, 0) is 25.5 Å². The van der Waals surface area contributed by atoms with Gasteiger partial charge in [0, 0.05) is 32.2 Å². The number of benzene rings is 1. The summed E-state index contributed by atoms with van der Waals surface area (Å²) in [6.07, 6.45) is 1.93. The number of nitrogens with zero attached hydrogens (tertiary/aromatic N) is 1. The summed E-state index contributed by atoms with van der Waals surface area (Å²) >= 11 is 0. The Bertz CT molecular complexity index is 425. The highest BCUT2D eigenvalue weighted by molar-refractivity contribution is 5.67. The quantitative estimate of drug-likeness (QED) is 0.782. The predicted molar refractivity (Wildman–Crippen MR) is 83.2 cm³/mol. The molecule has 0 aliphatic carbocycles. The summed E-state index contributed by atoms with van der Waals surface area (Å²) in [6.45, 7) is 3.73. The summed E-state index contributed by atoms with van der Waals surface area (Å²) in [6, 6.07) is 10.2. The summed E-state index contributed by atoms with van der Waals surface area (Å²) in [5.74, 6) is 0. The van der Waals surface area contributed by atoms with Crippen molar-refractivity contribution in [1.29, 1.82) is 0 Å². The van der Waals surface area contributed by atoms with Crippen LogP contribution in [0.3, 0.4) is 0 Å². The molecule has 0 spiro atoms.